The van der Waals surface area contributed by atoms with Crippen LogP contribution < -0.4 is 9.47 Å². The van der Waals surface area contributed by atoms with Crippen LogP contribution in [0.1, 0.15) is 11.1 Å². The van der Waals surface area contributed by atoms with Gasteiger partial charge in [-0.1, -0.05) is 12.1 Å². The summed E-state index contributed by atoms with van der Waals surface area (Å²) in [5.74, 6) is 0.861. The molecule has 1 aliphatic rings. The number of halogens is 1. The molecule has 0 aliphatic carbocycles. The van der Waals surface area contributed by atoms with Crippen molar-refractivity contribution in [3.05, 3.63) is 23.3 Å². The lowest BCUT2D eigenvalue weighted by Gasteiger charge is -2.22. The van der Waals surface area contributed by atoms with Crippen molar-refractivity contribution in [1.82, 2.24) is 0 Å². The van der Waals surface area contributed by atoms with Gasteiger partial charge in [0.2, 0.25) is 9.05 Å². The Kier molecular flexibility index (Phi) is 2.99. The van der Waals surface area contributed by atoms with E-state index in [-0.39, 0.29) is 5.75 Å². The normalized spacial score (nSPS) is 14.9. The molecular weight excluding hydrogens is 252 g/mol. The van der Waals surface area contributed by atoms with Gasteiger partial charge in [-0.2, -0.15) is 0 Å². The van der Waals surface area contributed by atoms with Gasteiger partial charge >= 0.3 is 0 Å². The number of ether oxygens (including phenoxy) is 2. The van der Waals surface area contributed by atoms with Gasteiger partial charge in [-0.25, -0.2) is 8.42 Å². The molecule has 1 aromatic rings. The molecule has 88 valence electrons. The summed E-state index contributed by atoms with van der Waals surface area (Å²) < 4.78 is 33.0. The van der Waals surface area contributed by atoms with E-state index < -0.39 is 9.05 Å². The third-order valence-corrected chi connectivity index (χ3v) is 3.28. The molecule has 0 bridgehead atoms. The van der Waals surface area contributed by atoms with Crippen LogP contribution in [-0.2, 0) is 14.8 Å². The quantitative estimate of drug-likeness (QED) is 0.763. The van der Waals surface area contributed by atoms with Gasteiger partial charge < -0.3 is 9.47 Å². The first-order valence-electron chi connectivity index (χ1n) is 4.78. The van der Waals surface area contributed by atoms with Gasteiger partial charge in [-0.3, -0.25) is 0 Å². The van der Waals surface area contributed by atoms with E-state index in [9.17, 15) is 8.42 Å². The standard InChI is InChI=1S/C10H11ClO4S/c1-7-2-3-8(6-16(11,12)13)10-9(7)14-4-5-15-10/h2-3H,4-6H2,1H3. The van der Waals surface area contributed by atoms with Crippen LogP contribution >= 0.6 is 10.7 Å². The minimum absolute atomic E-state index is 0.249. The Morgan fingerprint density at radius 3 is 2.50 bits per heavy atom. The SMILES string of the molecule is Cc1ccc(CS(=O)(=O)Cl)c2c1OCCO2. The minimum atomic E-state index is -3.59. The molecule has 1 aliphatic heterocycles. The zero-order chi connectivity index (χ0) is 11.8. The van der Waals surface area contributed by atoms with E-state index in [1.54, 1.807) is 12.1 Å². The number of aryl methyl sites for hydroxylation is 1. The van der Waals surface area contributed by atoms with Crippen LogP contribution in [0, 0.1) is 6.92 Å². The predicted octanol–water partition coefficient (Wildman–Crippen LogP) is 1.83. The molecule has 0 N–H and O–H groups in total. The number of hydrogen-bond acceptors (Lipinski definition) is 4. The van der Waals surface area contributed by atoms with E-state index in [0.29, 0.717) is 30.3 Å². The van der Waals surface area contributed by atoms with Crippen molar-refractivity contribution in [3.63, 3.8) is 0 Å². The van der Waals surface area contributed by atoms with E-state index in [0.717, 1.165) is 5.56 Å². The highest BCUT2D eigenvalue weighted by atomic mass is 35.7. The molecule has 0 amide bonds. The molecule has 16 heavy (non-hydrogen) atoms. The van der Waals surface area contributed by atoms with Crippen molar-refractivity contribution in [2.24, 2.45) is 0 Å². The Morgan fingerprint density at radius 1 is 1.25 bits per heavy atom. The second-order valence-corrected chi connectivity index (χ2v) is 6.36. The zero-order valence-electron chi connectivity index (χ0n) is 8.70. The second kappa shape index (κ2) is 4.14. The van der Waals surface area contributed by atoms with Crippen molar-refractivity contribution >= 4 is 19.7 Å². The summed E-state index contributed by atoms with van der Waals surface area (Å²) in [5, 5.41) is 0. The van der Waals surface area contributed by atoms with Crippen LogP contribution in [-0.4, -0.2) is 21.6 Å². The molecule has 0 spiro atoms. The van der Waals surface area contributed by atoms with Gasteiger partial charge in [0, 0.05) is 16.2 Å². The van der Waals surface area contributed by atoms with Crippen molar-refractivity contribution in [2.45, 2.75) is 12.7 Å². The summed E-state index contributed by atoms with van der Waals surface area (Å²) >= 11 is 0. The monoisotopic (exact) mass is 262 g/mol. The molecule has 0 atom stereocenters. The molecule has 2 rings (SSSR count). The molecule has 0 unspecified atom stereocenters. The average Bonchev–Trinajstić information content (AvgIpc) is 2.21. The van der Waals surface area contributed by atoms with Gasteiger partial charge in [0.1, 0.15) is 13.2 Å². The van der Waals surface area contributed by atoms with Gasteiger partial charge in [0.25, 0.3) is 0 Å². The third-order valence-electron chi connectivity index (χ3n) is 2.29. The first-order valence-corrected chi connectivity index (χ1v) is 7.25. The Bertz CT molecular complexity index is 510. The number of fused-ring (bicyclic) bond motifs is 1. The van der Waals surface area contributed by atoms with E-state index in [4.69, 9.17) is 20.2 Å². The maximum absolute atomic E-state index is 11.0. The van der Waals surface area contributed by atoms with Crippen LogP contribution in [0.15, 0.2) is 12.1 Å². The molecule has 6 heteroatoms. The maximum Gasteiger partial charge on any atom is 0.236 e. The molecule has 0 fully saturated rings. The molecule has 0 aromatic heterocycles. The molecule has 0 saturated heterocycles. The van der Waals surface area contributed by atoms with Crippen LogP contribution in [0.4, 0.5) is 0 Å². The van der Waals surface area contributed by atoms with Gasteiger partial charge in [0.15, 0.2) is 11.5 Å². The molecule has 4 nitrogen and oxygen atoms in total. The van der Waals surface area contributed by atoms with Gasteiger partial charge in [-0.05, 0) is 12.5 Å². The smallest absolute Gasteiger partial charge is 0.236 e. The highest BCUT2D eigenvalue weighted by Crippen LogP contribution is 2.37. The Hall–Kier alpha value is -0.940. The number of hydrogen-bond donors (Lipinski definition) is 0. The summed E-state index contributed by atoms with van der Waals surface area (Å²) in [4.78, 5) is 0. The van der Waals surface area contributed by atoms with Gasteiger partial charge in [0.05, 0.1) is 5.75 Å². The molecule has 1 heterocycles. The van der Waals surface area contributed by atoms with Crippen molar-refractivity contribution in [2.75, 3.05) is 13.2 Å². The van der Waals surface area contributed by atoms with E-state index in [2.05, 4.69) is 0 Å². The van der Waals surface area contributed by atoms with E-state index in [1.165, 1.54) is 0 Å². The summed E-state index contributed by atoms with van der Waals surface area (Å²) in [6, 6.07) is 3.49. The topological polar surface area (TPSA) is 52.6 Å². The van der Waals surface area contributed by atoms with Crippen LogP contribution in [0.25, 0.3) is 0 Å². The number of rotatable bonds is 2. The van der Waals surface area contributed by atoms with E-state index in [1.807, 2.05) is 6.92 Å². The van der Waals surface area contributed by atoms with Crippen molar-refractivity contribution < 1.29 is 17.9 Å². The fourth-order valence-corrected chi connectivity index (χ4v) is 2.58. The van der Waals surface area contributed by atoms with Crippen molar-refractivity contribution in [3.8, 4) is 11.5 Å². The lowest BCUT2D eigenvalue weighted by atomic mass is 10.1. The Morgan fingerprint density at radius 2 is 1.88 bits per heavy atom. The Balaban J connectivity index is 2.47. The number of benzene rings is 1. The third kappa shape index (κ3) is 2.41. The first-order chi connectivity index (χ1) is 7.47. The molecule has 1 aromatic carbocycles. The predicted molar refractivity (Wildman–Crippen MR) is 60.6 cm³/mol. The van der Waals surface area contributed by atoms with Gasteiger partial charge in [-0.15, -0.1) is 0 Å². The lowest BCUT2D eigenvalue weighted by Crippen LogP contribution is -2.17. The maximum atomic E-state index is 11.0. The van der Waals surface area contributed by atoms with Crippen LogP contribution in [0.3, 0.4) is 0 Å². The second-order valence-electron chi connectivity index (χ2n) is 3.58. The largest absolute Gasteiger partial charge is 0.486 e. The summed E-state index contributed by atoms with van der Waals surface area (Å²) in [6.45, 7) is 2.78. The van der Waals surface area contributed by atoms with Crippen LogP contribution in [0.2, 0.25) is 0 Å². The Labute approximate surface area is 98.5 Å². The minimum Gasteiger partial charge on any atom is -0.486 e. The molecule has 0 saturated carbocycles. The lowest BCUT2D eigenvalue weighted by molar-refractivity contribution is 0.169. The highest BCUT2D eigenvalue weighted by Gasteiger charge is 2.21. The summed E-state index contributed by atoms with van der Waals surface area (Å²) in [5.41, 5.74) is 1.46. The fraction of sp³-hybridized carbons (Fsp3) is 0.400. The summed E-state index contributed by atoms with van der Waals surface area (Å²) in [6.07, 6.45) is 0. The van der Waals surface area contributed by atoms with E-state index >= 15 is 0 Å². The highest BCUT2D eigenvalue weighted by molar-refractivity contribution is 8.13. The molecular formula is C10H11ClO4S. The van der Waals surface area contributed by atoms with Crippen molar-refractivity contribution in [1.29, 1.82) is 0 Å². The molecule has 0 radical (unpaired) electrons. The first kappa shape index (κ1) is 11.5. The summed E-state index contributed by atoms with van der Waals surface area (Å²) in [7, 11) is 1.64. The fourth-order valence-electron chi connectivity index (χ4n) is 1.63. The zero-order valence-corrected chi connectivity index (χ0v) is 10.3. The van der Waals surface area contributed by atoms with Crippen LogP contribution in [0.5, 0.6) is 11.5 Å². The average molecular weight is 263 g/mol.